The van der Waals surface area contributed by atoms with Gasteiger partial charge in [-0.1, -0.05) is 12.1 Å². The van der Waals surface area contributed by atoms with Crippen LogP contribution in [0, 0.1) is 12.7 Å². The molecule has 5 nitrogen and oxygen atoms in total. The Morgan fingerprint density at radius 2 is 2.11 bits per heavy atom. The third-order valence-corrected chi connectivity index (χ3v) is 5.31. The Kier molecular flexibility index (Phi) is 4.45. The van der Waals surface area contributed by atoms with E-state index in [0.29, 0.717) is 28.5 Å². The van der Waals surface area contributed by atoms with Crippen molar-refractivity contribution in [2.24, 2.45) is 0 Å². The minimum Gasteiger partial charge on any atom is -0.336 e. The number of fused-ring (bicyclic) bond motifs is 1. The fraction of sp³-hybridized carbons (Fsp3) is 0.150. The second-order valence-corrected chi connectivity index (χ2v) is 7.18. The van der Waals surface area contributed by atoms with Gasteiger partial charge in [0.15, 0.2) is 4.96 Å². The molecule has 27 heavy (non-hydrogen) atoms. The molecule has 4 rings (SSSR count). The van der Waals surface area contributed by atoms with Gasteiger partial charge in [0.2, 0.25) is 0 Å². The van der Waals surface area contributed by atoms with Crippen molar-refractivity contribution in [3.05, 3.63) is 76.9 Å². The van der Waals surface area contributed by atoms with Crippen LogP contribution < -0.4 is 0 Å². The van der Waals surface area contributed by atoms with Gasteiger partial charge < -0.3 is 4.90 Å². The van der Waals surface area contributed by atoms with Crippen LogP contribution in [0.4, 0.5) is 4.39 Å². The summed E-state index contributed by atoms with van der Waals surface area (Å²) in [5.41, 5.74) is 3.54. The minimum absolute atomic E-state index is 0.116. The van der Waals surface area contributed by atoms with Gasteiger partial charge in [-0.3, -0.25) is 14.2 Å². The third kappa shape index (κ3) is 3.21. The van der Waals surface area contributed by atoms with E-state index in [0.717, 1.165) is 11.1 Å². The smallest absolute Gasteiger partial charge is 0.271 e. The van der Waals surface area contributed by atoms with Crippen molar-refractivity contribution in [1.29, 1.82) is 0 Å². The second kappa shape index (κ2) is 6.92. The van der Waals surface area contributed by atoms with Crippen LogP contribution in [0.15, 0.2) is 54.3 Å². The number of halogens is 1. The molecule has 0 aliphatic rings. The van der Waals surface area contributed by atoms with Crippen molar-refractivity contribution in [1.82, 2.24) is 19.3 Å². The highest BCUT2D eigenvalue weighted by Crippen LogP contribution is 2.26. The number of carbonyl (C=O) groups is 1. The fourth-order valence-corrected chi connectivity index (χ4v) is 3.79. The Bertz CT molecular complexity index is 1130. The topological polar surface area (TPSA) is 50.5 Å². The van der Waals surface area contributed by atoms with Crippen LogP contribution in [0.5, 0.6) is 0 Å². The highest BCUT2D eigenvalue weighted by molar-refractivity contribution is 7.15. The standard InChI is InChI=1S/C20H17FN4OS/c1-13-9-22-8-7-14(13)10-24(2)19(26)18-12-27-20-23-17(11-25(18)20)15-5-3-4-6-16(15)21/h3-9,11-12H,10H2,1-2H3. The average Bonchev–Trinajstić information content (AvgIpc) is 3.24. The fourth-order valence-electron chi connectivity index (χ4n) is 2.94. The highest BCUT2D eigenvalue weighted by Gasteiger charge is 2.20. The molecule has 0 aliphatic carbocycles. The van der Waals surface area contributed by atoms with Gasteiger partial charge in [-0.15, -0.1) is 11.3 Å². The lowest BCUT2D eigenvalue weighted by Gasteiger charge is -2.17. The van der Waals surface area contributed by atoms with E-state index in [1.165, 1.54) is 17.4 Å². The number of imidazole rings is 1. The molecule has 0 radical (unpaired) electrons. The van der Waals surface area contributed by atoms with Gasteiger partial charge in [0.25, 0.3) is 5.91 Å². The second-order valence-electron chi connectivity index (χ2n) is 6.34. The maximum absolute atomic E-state index is 14.1. The predicted molar refractivity (Wildman–Crippen MR) is 103 cm³/mol. The van der Waals surface area contributed by atoms with Crippen LogP contribution in [-0.4, -0.2) is 32.2 Å². The average molecular weight is 380 g/mol. The Labute approximate surface area is 159 Å². The zero-order valence-electron chi connectivity index (χ0n) is 14.9. The number of aryl methyl sites for hydroxylation is 1. The van der Waals surface area contributed by atoms with E-state index in [1.54, 1.807) is 58.5 Å². The quantitative estimate of drug-likeness (QED) is 0.534. The van der Waals surface area contributed by atoms with E-state index in [1.807, 2.05) is 13.0 Å². The molecule has 3 heterocycles. The first kappa shape index (κ1) is 17.4. The molecule has 4 aromatic rings. The molecule has 1 aromatic carbocycles. The van der Waals surface area contributed by atoms with Gasteiger partial charge in [-0.2, -0.15) is 0 Å². The molecule has 136 valence electrons. The van der Waals surface area contributed by atoms with E-state index in [4.69, 9.17) is 0 Å². The van der Waals surface area contributed by atoms with E-state index >= 15 is 0 Å². The molecule has 0 spiro atoms. The van der Waals surface area contributed by atoms with Crippen molar-refractivity contribution >= 4 is 22.2 Å². The molecule has 0 saturated carbocycles. The van der Waals surface area contributed by atoms with Gasteiger partial charge in [0.1, 0.15) is 11.5 Å². The molecule has 1 amide bonds. The first-order valence-corrected chi connectivity index (χ1v) is 9.29. The normalized spacial score (nSPS) is 11.1. The van der Waals surface area contributed by atoms with Gasteiger partial charge in [0.05, 0.1) is 5.69 Å². The molecule has 0 N–H and O–H groups in total. The third-order valence-electron chi connectivity index (χ3n) is 4.47. The summed E-state index contributed by atoms with van der Waals surface area (Å²) in [7, 11) is 1.76. The van der Waals surface area contributed by atoms with Crippen LogP contribution >= 0.6 is 11.3 Å². The SMILES string of the molecule is Cc1cnccc1CN(C)C(=O)c1csc2nc(-c3ccccc3F)cn12. The van der Waals surface area contributed by atoms with E-state index in [9.17, 15) is 9.18 Å². The number of aromatic nitrogens is 3. The Hall–Kier alpha value is -3.06. The number of nitrogens with zero attached hydrogens (tertiary/aromatic N) is 4. The zero-order chi connectivity index (χ0) is 19.0. The molecule has 7 heteroatoms. The summed E-state index contributed by atoms with van der Waals surface area (Å²) in [5.74, 6) is -0.448. The van der Waals surface area contributed by atoms with E-state index in [2.05, 4.69) is 9.97 Å². The molecule has 0 bridgehead atoms. The van der Waals surface area contributed by atoms with Crippen LogP contribution in [0.1, 0.15) is 21.6 Å². The summed E-state index contributed by atoms with van der Waals surface area (Å²) in [6.45, 7) is 2.46. The summed E-state index contributed by atoms with van der Waals surface area (Å²) in [6.07, 6.45) is 5.22. The molecule has 3 aromatic heterocycles. The lowest BCUT2D eigenvalue weighted by atomic mass is 10.1. The molecule has 0 atom stereocenters. The zero-order valence-corrected chi connectivity index (χ0v) is 15.7. The van der Waals surface area contributed by atoms with Crippen LogP contribution in [0.2, 0.25) is 0 Å². The summed E-state index contributed by atoms with van der Waals surface area (Å²) < 4.78 is 15.8. The van der Waals surface area contributed by atoms with E-state index in [-0.39, 0.29) is 11.7 Å². The monoisotopic (exact) mass is 380 g/mol. The molecule has 0 saturated heterocycles. The van der Waals surface area contributed by atoms with E-state index < -0.39 is 0 Å². The maximum atomic E-state index is 14.1. The van der Waals surface area contributed by atoms with Crippen molar-refractivity contribution < 1.29 is 9.18 Å². The minimum atomic E-state index is -0.332. The van der Waals surface area contributed by atoms with Gasteiger partial charge in [-0.25, -0.2) is 9.37 Å². The lowest BCUT2D eigenvalue weighted by Crippen LogP contribution is -2.27. The number of rotatable bonds is 4. The van der Waals surface area contributed by atoms with Crippen molar-refractivity contribution in [3.8, 4) is 11.3 Å². The van der Waals surface area contributed by atoms with Gasteiger partial charge >= 0.3 is 0 Å². The largest absolute Gasteiger partial charge is 0.336 e. The maximum Gasteiger partial charge on any atom is 0.271 e. The van der Waals surface area contributed by atoms with Crippen molar-refractivity contribution in [2.75, 3.05) is 7.05 Å². The number of pyridine rings is 1. The summed E-state index contributed by atoms with van der Waals surface area (Å²) in [6, 6.07) is 8.40. The van der Waals surface area contributed by atoms with Crippen molar-refractivity contribution in [3.63, 3.8) is 0 Å². The number of hydrogen-bond donors (Lipinski definition) is 0. The highest BCUT2D eigenvalue weighted by atomic mass is 32.1. The molecule has 0 aliphatic heterocycles. The molecular formula is C20H17FN4OS. The summed E-state index contributed by atoms with van der Waals surface area (Å²) in [4.78, 5) is 23.8. The summed E-state index contributed by atoms with van der Waals surface area (Å²) in [5, 5.41) is 1.78. The number of carbonyl (C=O) groups excluding carboxylic acids is 1. The number of hydrogen-bond acceptors (Lipinski definition) is 4. The van der Waals surface area contributed by atoms with Crippen molar-refractivity contribution in [2.45, 2.75) is 13.5 Å². The van der Waals surface area contributed by atoms with Gasteiger partial charge in [-0.05, 0) is 36.2 Å². The van der Waals surface area contributed by atoms with Crippen LogP contribution in [0.25, 0.3) is 16.2 Å². The number of amides is 1. The lowest BCUT2D eigenvalue weighted by molar-refractivity contribution is 0.0778. The first-order chi connectivity index (χ1) is 13.0. The van der Waals surface area contributed by atoms with Gasteiger partial charge in [0, 0.05) is 43.1 Å². The molecule has 0 unspecified atom stereocenters. The van der Waals surface area contributed by atoms with Crippen LogP contribution in [-0.2, 0) is 6.54 Å². The molecule has 0 fully saturated rings. The Morgan fingerprint density at radius 1 is 1.30 bits per heavy atom. The number of benzene rings is 1. The first-order valence-electron chi connectivity index (χ1n) is 8.41. The summed E-state index contributed by atoms with van der Waals surface area (Å²) >= 11 is 1.36. The Morgan fingerprint density at radius 3 is 2.89 bits per heavy atom. The van der Waals surface area contributed by atoms with Crippen LogP contribution in [0.3, 0.4) is 0 Å². The predicted octanol–water partition coefficient (Wildman–Crippen LogP) is 4.18. The Balaban J connectivity index is 1.64. The molecular weight excluding hydrogens is 363 g/mol. The number of thiazole rings is 1.